The summed E-state index contributed by atoms with van der Waals surface area (Å²) in [6, 6.07) is 4.45. The van der Waals surface area contributed by atoms with Gasteiger partial charge in [0, 0.05) is 17.8 Å². The maximum absolute atomic E-state index is 7.33. The Morgan fingerprint density at radius 2 is 1.82 bits per heavy atom. The molecular formula is C25H36O3. The summed E-state index contributed by atoms with van der Waals surface area (Å²) in [4.78, 5) is 0. The van der Waals surface area contributed by atoms with Gasteiger partial charge in [0.05, 0.1) is 12.7 Å². The van der Waals surface area contributed by atoms with E-state index in [1.807, 2.05) is 0 Å². The van der Waals surface area contributed by atoms with Gasteiger partial charge in [0.15, 0.2) is 5.79 Å². The lowest BCUT2D eigenvalue weighted by Gasteiger charge is -2.61. The van der Waals surface area contributed by atoms with Gasteiger partial charge in [0.2, 0.25) is 0 Å². The second-order valence-corrected chi connectivity index (χ2v) is 10.8. The van der Waals surface area contributed by atoms with Crippen molar-refractivity contribution in [1.82, 2.24) is 0 Å². The highest BCUT2D eigenvalue weighted by molar-refractivity contribution is 5.50. The van der Waals surface area contributed by atoms with E-state index in [-0.39, 0.29) is 16.6 Å². The first kappa shape index (κ1) is 18.9. The first-order valence-corrected chi connectivity index (χ1v) is 11.2. The van der Waals surface area contributed by atoms with Gasteiger partial charge in [-0.1, -0.05) is 26.8 Å². The molecule has 1 spiro atoms. The Morgan fingerprint density at radius 1 is 1.07 bits per heavy atom. The Morgan fingerprint density at radius 3 is 2.46 bits per heavy atom. The molecule has 2 aliphatic heterocycles. The maximum atomic E-state index is 7.33. The summed E-state index contributed by atoms with van der Waals surface area (Å²) in [5, 5.41) is 0. The van der Waals surface area contributed by atoms with Crippen molar-refractivity contribution < 1.29 is 14.2 Å². The van der Waals surface area contributed by atoms with Crippen molar-refractivity contribution in [1.29, 1.82) is 0 Å². The molecule has 0 amide bonds. The number of ether oxygens (including phenoxy) is 3. The van der Waals surface area contributed by atoms with Crippen LogP contribution in [0.1, 0.15) is 77.0 Å². The molecule has 1 aromatic rings. The molecule has 3 nitrogen and oxygen atoms in total. The summed E-state index contributed by atoms with van der Waals surface area (Å²) in [6.07, 6.45) is 5.66. The van der Waals surface area contributed by atoms with Crippen LogP contribution in [0.5, 0.6) is 5.75 Å². The summed E-state index contributed by atoms with van der Waals surface area (Å²) >= 11 is 0. The molecule has 5 rings (SSSR count). The number of fused-ring (bicyclic) bond motifs is 1. The summed E-state index contributed by atoms with van der Waals surface area (Å²) in [5.41, 5.74) is 3.98. The van der Waals surface area contributed by atoms with Crippen molar-refractivity contribution in [3.05, 3.63) is 28.8 Å². The van der Waals surface area contributed by atoms with Crippen LogP contribution < -0.4 is 4.74 Å². The minimum atomic E-state index is -0.452. The van der Waals surface area contributed by atoms with Gasteiger partial charge in [-0.15, -0.1) is 0 Å². The van der Waals surface area contributed by atoms with Crippen molar-refractivity contribution in [2.24, 2.45) is 23.2 Å². The van der Waals surface area contributed by atoms with Crippen LogP contribution in [0.2, 0.25) is 0 Å². The molecule has 154 valence electrons. The van der Waals surface area contributed by atoms with Gasteiger partial charge in [0.25, 0.3) is 0 Å². The summed E-state index contributed by atoms with van der Waals surface area (Å²) in [5.74, 6) is 2.12. The van der Waals surface area contributed by atoms with Crippen LogP contribution in [0.25, 0.3) is 0 Å². The van der Waals surface area contributed by atoms with Gasteiger partial charge in [-0.05, 0) is 81.0 Å². The monoisotopic (exact) mass is 384 g/mol. The van der Waals surface area contributed by atoms with E-state index >= 15 is 0 Å². The average molecular weight is 385 g/mol. The van der Waals surface area contributed by atoms with Crippen molar-refractivity contribution in [3.63, 3.8) is 0 Å². The van der Waals surface area contributed by atoms with E-state index in [1.165, 1.54) is 29.5 Å². The predicted octanol–water partition coefficient (Wildman–Crippen LogP) is 5.76. The zero-order valence-corrected chi connectivity index (χ0v) is 18.6. The van der Waals surface area contributed by atoms with Gasteiger partial charge < -0.3 is 14.2 Å². The first-order chi connectivity index (χ1) is 13.1. The summed E-state index contributed by atoms with van der Waals surface area (Å²) < 4.78 is 19.8. The number of rotatable bonds is 1. The fraction of sp³-hybridized carbons (Fsp3) is 0.760. The van der Waals surface area contributed by atoms with Gasteiger partial charge in [-0.25, -0.2) is 0 Å². The second-order valence-electron chi connectivity index (χ2n) is 10.8. The fourth-order valence-electron chi connectivity index (χ4n) is 7.45. The molecule has 2 bridgehead atoms. The quantitative estimate of drug-likeness (QED) is 0.616. The number of hydrogen-bond acceptors (Lipinski definition) is 3. The molecule has 1 aromatic carbocycles. The fourth-order valence-corrected chi connectivity index (χ4v) is 7.45. The van der Waals surface area contributed by atoms with Crippen LogP contribution in [-0.4, -0.2) is 18.5 Å². The third-order valence-electron chi connectivity index (χ3n) is 9.50. The smallest absolute Gasteiger partial charge is 0.173 e. The normalized spacial score (nSPS) is 45.8. The Balaban J connectivity index is 1.68. The molecule has 2 heterocycles. The van der Waals surface area contributed by atoms with Crippen molar-refractivity contribution >= 4 is 0 Å². The Bertz CT molecular complexity index is 829. The Hall–Kier alpha value is -1.06. The van der Waals surface area contributed by atoms with E-state index in [0.717, 1.165) is 25.0 Å². The molecule has 3 heteroatoms. The van der Waals surface area contributed by atoms with E-state index in [9.17, 15) is 0 Å². The average Bonchev–Trinajstić information content (AvgIpc) is 3.00. The molecule has 4 aliphatic rings. The maximum Gasteiger partial charge on any atom is 0.173 e. The third-order valence-corrected chi connectivity index (χ3v) is 9.50. The van der Waals surface area contributed by atoms with Gasteiger partial charge >= 0.3 is 0 Å². The van der Waals surface area contributed by atoms with E-state index < -0.39 is 5.79 Å². The molecule has 6 atom stereocenters. The number of benzene rings is 1. The SMILES string of the molecule is COc1ccc2c(c1C)CC[C@]1(C)C3CCC21OC1(C[C@H](C)C(C)(C)O1)C3C. The van der Waals surface area contributed by atoms with Gasteiger partial charge in [-0.2, -0.15) is 0 Å². The lowest BCUT2D eigenvalue weighted by atomic mass is 9.55. The highest BCUT2D eigenvalue weighted by atomic mass is 16.7. The highest BCUT2D eigenvalue weighted by Crippen LogP contribution is 2.72. The molecule has 28 heavy (non-hydrogen) atoms. The molecule has 0 N–H and O–H groups in total. The van der Waals surface area contributed by atoms with Crippen LogP contribution in [0.3, 0.4) is 0 Å². The largest absolute Gasteiger partial charge is 0.496 e. The zero-order chi connectivity index (χ0) is 20.1. The van der Waals surface area contributed by atoms with E-state index in [0.29, 0.717) is 17.8 Å². The van der Waals surface area contributed by atoms with E-state index in [1.54, 1.807) is 7.11 Å². The van der Waals surface area contributed by atoms with E-state index in [4.69, 9.17) is 14.2 Å². The standard InChI is InChI=1S/C25H36O3/c1-15-14-25(27-22(15,4)5)17(3)19-11-13-24(28-25)20-8-9-21(26-7)16(2)18(20)10-12-23(19,24)6/h8-9,15,17,19H,10-14H2,1-7H3/t15-,17?,19?,23+,24?,25?/m0/s1. The Labute approximate surface area is 170 Å². The van der Waals surface area contributed by atoms with Crippen LogP contribution in [0, 0.1) is 30.1 Å². The number of methoxy groups -OCH3 is 1. The number of hydrogen-bond donors (Lipinski definition) is 0. The molecule has 0 radical (unpaired) electrons. The summed E-state index contributed by atoms with van der Waals surface area (Å²) in [7, 11) is 1.77. The molecular weight excluding hydrogens is 348 g/mol. The van der Waals surface area contributed by atoms with Crippen LogP contribution in [0.4, 0.5) is 0 Å². The second kappa shape index (κ2) is 5.55. The minimum absolute atomic E-state index is 0.134. The Kier molecular flexibility index (Phi) is 3.75. The molecule has 1 saturated carbocycles. The van der Waals surface area contributed by atoms with E-state index in [2.05, 4.69) is 53.7 Å². The van der Waals surface area contributed by atoms with Gasteiger partial charge in [0.1, 0.15) is 11.4 Å². The van der Waals surface area contributed by atoms with Crippen molar-refractivity contribution in [2.45, 2.75) is 90.6 Å². The lowest BCUT2D eigenvalue weighted by molar-refractivity contribution is -0.374. The molecule has 2 saturated heterocycles. The van der Waals surface area contributed by atoms with Crippen molar-refractivity contribution in [3.8, 4) is 5.75 Å². The van der Waals surface area contributed by atoms with Gasteiger partial charge in [-0.3, -0.25) is 0 Å². The topological polar surface area (TPSA) is 27.7 Å². The summed E-state index contributed by atoms with van der Waals surface area (Å²) in [6.45, 7) is 13.9. The van der Waals surface area contributed by atoms with Crippen LogP contribution in [-0.2, 0) is 21.5 Å². The molecule has 2 aliphatic carbocycles. The molecule has 3 fully saturated rings. The first-order valence-electron chi connectivity index (χ1n) is 11.2. The third kappa shape index (κ3) is 2.03. The molecule has 4 unspecified atom stereocenters. The van der Waals surface area contributed by atoms with Crippen LogP contribution in [0.15, 0.2) is 12.1 Å². The molecule has 0 aromatic heterocycles. The minimum Gasteiger partial charge on any atom is -0.496 e. The predicted molar refractivity (Wildman–Crippen MR) is 110 cm³/mol. The van der Waals surface area contributed by atoms with Crippen molar-refractivity contribution in [2.75, 3.05) is 7.11 Å². The van der Waals surface area contributed by atoms with Crippen LogP contribution >= 0.6 is 0 Å². The zero-order valence-electron chi connectivity index (χ0n) is 18.6. The highest BCUT2D eigenvalue weighted by Gasteiger charge is 2.72. The lowest BCUT2D eigenvalue weighted by Crippen LogP contribution is -2.62.